The molecule has 0 unspecified atom stereocenters. The maximum Gasteiger partial charge on any atom is 0.417 e. The van der Waals surface area contributed by atoms with Crippen LogP contribution in [0, 0.1) is 16.7 Å². The van der Waals surface area contributed by atoms with Gasteiger partial charge in [0.05, 0.1) is 23.3 Å². The van der Waals surface area contributed by atoms with Gasteiger partial charge in [-0.2, -0.15) is 18.4 Å². The van der Waals surface area contributed by atoms with Crippen molar-refractivity contribution in [3.63, 3.8) is 0 Å². The van der Waals surface area contributed by atoms with Crippen LogP contribution in [0.5, 0.6) is 0 Å². The molecule has 0 fully saturated rings. The molecule has 1 atom stereocenters. The number of alkyl halides is 3. The van der Waals surface area contributed by atoms with Gasteiger partial charge in [0.25, 0.3) is 0 Å². The number of hydrogen-bond acceptors (Lipinski definition) is 3. The van der Waals surface area contributed by atoms with Crippen molar-refractivity contribution in [1.29, 1.82) is 5.26 Å². The molecule has 2 N–H and O–H groups in total. The fraction of sp³-hybridized carbons (Fsp3) is 0.500. The molecule has 3 nitrogen and oxygen atoms in total. The van der Waals surface area contributed by atoms with E-state index in [0.29, 0.717) is 0 Å². The van der Waals surface area contributed by atoms with Gasteiger partial charge in [0.1, 0.15) is 0 Å². The number of hydrogen-bond donors (Lipinski definition) is 2. The molecule has 20 heavy (non-hydrogen) atoms. The van der Waals surface area contributed by atoms with Crippen LogP contribution in [0.1, 0.15) is 31.9 Å². The Morgan fingerprint density at radius 1 is 1.30 bits per heavy atom. The van der Waals surface area contributed by atoms with E-state index in [2.05, 4.69) is 5.32 Å². The van der Waals surface area contributed by atoms with Gasteiger partial charge in [-0.15, -0.1) is 0 Å². The highest BCUT2D eigenvalue weighted by Crippen LogP contribution is 2.33. The first-order chi connectivity index (χ1) is 9.05. The molecule has 0 aliphatic rings. The summed E-state index contributed by atoms with van der Waals surface area (Å²) in [5, 5.41) is 21.3. The van der Waals surface area contributed by atoms with Gasteiger partial charge >= 0.3 is 6.18 Å². The van der Waals surface area contributed by atoms with Gasteiger partial charge in [-0.1, -0.05) is 20.8 Å². The van der Waals surface area contributed by atoms with E-state index < -0.39 is 23.4 Å². The van der Waals surface area contributed by atoms with Gasteiger partial charge in [-0.05, 0) is 23.6 Å². The predicted molar refractivity (Wildman–Crippen MR) is 70.1 cm³/mol. The first kappa shape index (κ1) is 16.3. The highest BCUT2D eigenvalue weighted by molar-refractivity contribution is 5.53. The van der Waals surface area contributed by atoms with Gasteiger partial charge in [0.2, 0.25) is 0 Å². The van der Waals surface area contributed by atoms with E-state index in [1.54, 1.807) is 0 Å². The fourth-order valence-corrected chi connectivity index (χ4v) is 1.51. The molecule has 0 aromatic heterocycles. The van der Waals surface area contributed by atoms with Crippen molar-refractivity contribution in [2.45, 2.75) is 33.1 Å². The van der Waals surface area contributed by atoms with Crippen molar-refractivity contribution in [3.05, 3.63) is 29.3 Å². The molecule has 0 saturated heterocycles. The summed E-state index contributed by atoms with van der Waals surface area (Å²) in [6, 6.07) is 4.92. The summed E-state index contributed by atoms with van der Waals surface area (Å²) in [7, 11) is 0. The standard InChI is InChI=1S/C14H17F3N2O/c1-13(2,3)12(20)8-19-10-5-4-9(7-18)11(6-10)14(15,16)17/h4-6,12,19-20H,8H2,1-3H3/t12-/m0/s1. The second kappa shape index (κ2) is 5.71. The van der Waals surface area contributed by atoms with Crippen LogP contribution < -0.4 is 5.32 Å². The van der Waals surface area contributed by atoms with E-state index in [9.17, 15) is 18.3 Å². The molecule has 1 aromatic carbocycles. The summed E-state index contributed by atoms with van der Waals surface area (Å²) in [5.74, 6) is 0. The van der Waals surface area contributed by atoms with Crippen LogP contribution in [0.15, 0.2) is 18.2 Å². The molecular weight excluding hydrogens is 269 g/mol. The minimum Gasteiger partial charge on any atom is -0.391 e. The van der Waals surface area contributed by atoms with E-state index in [4.69, 9.17) is 5.26 Å². The molecule has 0 bridgehead atoms. The Labute approximate surface area is 116 Å². The maximum atomic E-state index is 12.8. The molecule has 0 spiro atoms. The van der Waals surface area contributed by atoms with E-state index >= 15 is 0 Å². The van der Waals surface area contributed by atoms with E-state index in [1.807, 2.05) is 20.8 Å². The topological polar surface area (TPSA) is 56.0 Å². The Bertz CT molecular complexity index is 513. The molecular formula is C14H17F3N2O. The Kier molecular flexibility index (Phi) is 4.66. The lowest BCUT2D eigenvalue weighted by Crippen LogP contribution is -2.32. The number of benzene rings is 1. The molecule has 1 rings (SSSR count). The van der Waals surface area contributed by atoms with Gasteiger partial charge in [0, 0.05) is 12.2 Å². The fourth-order valence-electron chi connectivity index (χ4n) is 1.51. The zero-order valence-corrected chi connectivity index (χ0v) is 11.5. The second-order valence-electron chi connectivity index (χ2n) is 5.63. The lowest BCUT2D eigenvalue weighted by Gasteiger charge is -2.26. The number of nitrogens with one attached hydrogen (secondary N) is 1. The number of nitrogens with zero attached hydrogens (tertiary/aromatic N) is 1. The second-order valence-corrected chi connectivity index (χ2v) is 5.63. The Hall–Kier alpha value is -1.74. The zero-order valence-electron chi connectivity index (χ0n) is 11.5. The lowest BCUT2D eigenvalue weighted by molar-refractivity contribution is -0.137. The average molecular weight is 286 g/mol. The molecule has 0 saturated carbocycles. The van der Waals surface area contributed by atoms with Crippen LogP contribution in [0.4, 0.5) is 18.9 Å². The van der Waals surface area contributed by atoms with Crippen LogP contribution in [0.25, 0.3) is 0 Å². The third-order valence-electron chi connectivity index (χ3n) is 2.94. The van der Waals surface area contributed by atoms with Crippen molar-refractivity contribution in [2.24, 2.45) is 5.41 Å². The summed E-state index contributed by atoms with van der Waals surface area (Å²) < 4.78 is 38.3. The molecule has 0 aliphatic heterocycles. The van der Waals surface area contributed by atoms with Crippen LogP contribution in [0.3, 0.4) is 0 Å². The summed E-state index contributed by atoms with van der Waals surface area (Å²) in [4.78, 5) is 0. The van der Waals surface area contributed by atoms with Crippen LogP contribution >= 0.6 is 0 Å². The third-order valence-corrected chi connectivity index (χ3v) is 2.94. The van der Waals surface area contributed by atoms with Gasteiger partial charge in [-0.25, -0.2) is 0 Å². The summed E-state index contributed by atoms with van der Waals surface area (Å²) in [5.41, 5.74) is -1.54. The van der Waals surface area contributed by atoms with Crippen molar-refractivity contribution in [2.75, 3.05) is 11.9 Å². The predicted octanol–water partition coefficient (Wildman–Crippen LogP) is 3.40. The number of aliphatic hydroxyl groups is 1. The zero-order chi connectivity index (χ0) is 15.6. The third kappa shape index (κ3) is 4.14. The minimum absolute atomic E-state index is 0.132. The minimum atomic E-state index is -4.58. The van der Waals surface area contributed by atoms with Gasteiger partial charge in [-0.3, -0.25) is 0 Å². The van der Waals surface area contributed by atoms with Crippen molar-refractivity contribution in [1.82, 2.24) is 0 Å². The molecule has 0 aliphatic carbocycles. The van der Waals surface area contributed by atoms with Crippen molar-refractivity contribution >= 4 is 5.69 Å². The van der Waals surface area contributed by atoms with E-state index in [1.165, 1.54) is 12.1 Å². The van der Waals surface area contributed by atoms with Crippen molar-refractivity contribution < 1.29 is 18.3 Å². The van der Waals surface area contributed by atoms with E-state index in [0.717, 1.165) is 12.1 Å². The number of rotatable bonds is 3. The quantitative estimate of drug-likeness (QED) is 0.895. The highest BCUT2D eigenvalue weighted by atomic mass is 19.4. The first-order valence-electron chi connectivity index (χ1n) is 6.09. The smallest absolute Gasteiger partial charge is 0.391 e. The molecule has 0 amide bonds. The molecule has 0 heterocycles. The number of nitriles is 1. The summed E-state index contributed by atoms with van der Waals surface area (Å²) in [6.45, 7) is 5.63. The number of aliphatic hydroxyl groups excluding tert-OH is 1. The van der Waals surface area contributed by atoms with E-state index in [-0.39, 0.29) is 17.6 Å². The SMILES string of the molecule is CC(C)(C)[C@@H](O)CNc1ccc(C#N)c(C(F)(F)F)c1. The monoisotopic (exact) mass is 286 g/mol. The van der Waals surface area contributed by atoms with Crippen molar-refractivity contribution in [3.8, 4) is 6.07 Å². The normalized spacial score (nSPS) is 13.7. The van der Waals surface area contributed by atoms with Gasteiger partial charge in [0.15, 0.2) is 0 Å². The lowest BCUT2D eigenvalue weighted by atomic mass is 9.89. The number of anilines is 1. The van der Waals surface area contributed by atoms with Crippen LogP contribution in [-0.4, -0.2) is 17.8 Å². The maximum absolute atomic E-state index is 12.8. The summed E-state index contributed by atoms with van der Waals surface area (Å²) >= 11 is 0. The molecule has 6 heteroatoms. The Morgan fingerprint density at radius 3 is 2.35 bits per heavy atom. The molecule has 0 radical (unpaired) electrons. The Balaban J connectivity index is 2.92. The summed E-state index contributed by atoms with van der Waals surface area (Å²) in [6.07, 6.45) is -5.28. The first-order valence-corrected chi connectivity index (χ1v) is 6.09. The molecule has 110 valence electrons. The van der Waals surface area contributed by atoms with Gasteiger partial charge < -0.3 is 10.4 Å². The average Bonchev–Trinajstić information content (AvgIpc) is 2.33. The number of halogens is 3. The highest BCUT2D eigenvalue weighted by Gasteiger charge is 2.34. The molecule has 1 aromatic rings. The van der Waals surface area contributed by atoms with Crippen LogP contribution in [-0.2, 0) is 6.18 Å². The van der Waals surface area contributed by atoms with Crippen LogP contribution in [0.2, 0.25) is 0 Å². The largest absolute Gasteiger partial charge is 0.417 e. The Morgan fingerprint density at radius 2 is 1.90 bits per heavy atom.